The minimum atomic E-state index is -0.324. The molecule has 1 unspecified atom stereocenters. The Morgan fingerprint density at radius 2 is 2.05 bits per heavy atom. The van der Waals surface area contributed by atoms with E-state index < -0.39 is 0 Å². The molecule has 4 heteroatoms. The van der Waals surface area contributed by atoms with Gasteiger partial charge >= 0.3 is 0 Å². The summed E-state index contributed by atoms with van der Waals surface area (Å²) in [4.78, 5) is 2.53. The molecule has 0 amide bonds. The first-order valence-corrected chi connectivity index (χ1v) is 8.34. The summed E-state index contributed by atoms with van der Waals surface area (Å²) in [6.45, 7) is 9.51. The molecule has 1 fully saturated rings. The van der Waals surface area contributed by atoms with E-state index in [2.05, 4.69) is 31.0 Å². The summed E-state index contributed by atoms with van der Waals surface area (Å²) in [6, 6.07) is 5.69. The fourth-order valence-electron chi connectivity index (χ4n) is 3.28. The van der Waals surface area contributed by atoms with Gasteiger partial charge in [0.2, 0.25) is 0 Å². The first-order valence-electron chi connectivity index (χ1n) is 7.97. The number of nitrogens with one attached hydrogen (secondary N) is 1. The molecule has 1 saturated heterocycles. The van der Waals surface area contributed by atoms with Crippen molar-refractivity contribution in [2.75, 3.05) is 13.1 Å². The zero-order valence-electron chi connectivity index (χ0n) is 13.3. The Labute approximate surface area is 132 Å². The molecular formula is C17H26ClFN2. The summed E-state index contributed by atoms with van der Waals surface area (Å²) < 4.78 is 13.7. The van der Waals surface area contributed by atoms with Gasteiger partial charge in [-0.1, -0.05) is 38.4 Å². The van der Waals surface area contributed by atoms with Crippen LogP contribution < -0.4 is 5.32 Å². The van der Waals surface area contributed by atoms with Gasteiger partial charge in [0, 0.05) is 31.2 Å². The average molecular weight is 313 g/mol. The molecule has 1 heterocycles. The Hall–Kier alpha value is -0.640. The van der Waals surface area contributed by atoms with Gasteiger partial charge in [0.15, 0.2) is 0 Å². The molecule has 1 N–H and O–H groups in total. The van der Waals surface area contributed by atoms with Crippen LogP contribution in [0, 0.1) is 5.82 Å². The van der Waals surface area contributed by atoms with E-state index in [9.17, 15) is 4.39 Å². The number of hydrogen-bond acceptors (Lipinski definition) is 2. The van der Waals surface area contributed by atoms with Crippen LogP contribution in [-0.2, 0) is 6.54 Å². The van der Waals surface area contributed by atoms with Crippen molar-refractivity contribution in [1.29, 1.82) is 0 Å². The van der Waals surface area contributed by atoms with Crippen LogP contribution in [0.5, 0.6) is 0 Å². The van der Waals surface area contributed by atoms with Crippen LogP contribution in [0.3, 0.4) is 0 Å². The third-order valence-electron chi connectivity index (χ3n) is 5.00. The standard InChI is InChI=1S/C17H26ClFN2/c1-4-14-11-21(17(5-2,6-3)12-20-14)10-13-7-8-15(18)16(19)9-13/h7-9,14,20H,4-6,10-12H2,1-3H3. The SMILES string of the molecule is CCC1CN(Cc2ccc(Cl)c(F)c2)C(CC)(CC)CN1. The van der Waals surface area contributed by atoms with Crippen molar-refractivity contribution in [3.8, 4) is 0 Å². The van der Waals surface area contributed by atoms with Crippen LogP contribution in [0.1, 0.15) is 45.6 Å². The van der Waals surface area contributed by atoms with Crippen LogP contribution in [0.2, 0.25) is 5.02 Å². The smallest absolute Gasteiger partial charge is 0.142 e. The van der Waals surface area contributed by atoms with E-state index in [4.69, 9.17) is 11.6 Å². The molecule has 0 radical (unpaired) electrons. The number of hydrogen-bond donors (Lipinski definition) is 1. The third-order valence-corrected chi connectivity index (χ3v) is 5.30. The molecular weight excluding hydrogens is 287 g/mol. The van der Waals surface area contributed by atoms with Crippen LogP contribution in [0.4, 0.5) is 4.39 Å². The molecule has 0 spiro atoms. The monoisotopic (exact) mass is 312 g/mol. The first kappa shape index (κ1) is 16.7. The molecule has 21 heavy (non-hydrogen) atoms. The van der Waals surface area contributed by atoms with Gasteiger partial charge in [-0.05, 0) is 37.0 Å². The van der Waals surface area contributed by atoms with Gasteiger partial charge in [-0.3, -0.25) is 4.90 Å². The third kappa shape index (κ3) is 3.58. The van der Waals surface area contributed by atoms with Crippen molar-refractivity contribution in [2.45, 2.75) is 58.2 Å². The molecule has 1 atom stereocenters. The van der Waals surface area contributed by atoms with E-state index >= 15 is 0 Å². The maximum Gasteiger partial charge on any atom is 0.142 e. The zero-order chi connectivity index (χ0) is 15.5. The summed E-state index contributed by atoms with van der Waals surface area (Å²) in [6.07, 6.45) is 3.32. The van der Waals surface area contributed by atoms with Crippen LogP contribution in [0.25, 0.3) is 0 Å². The predicted molar refractivity (Wildman–Crippen MR) is 87.2 cm³/mol. The molecule has 118 valence electrons. The summed E-state index contributed by atoms with van der Waals surface area (Å²) >= 11 is 5.78. The Balaban J connectivity index is 2.21. The summed E-state index contributed by atoms with van der Waals surface area (Å²) in [5, 5.41) is 3.86. The van der Waals surface area contributed by atoms with E-state index in [1.54, 1.807) is 12.1 Å². The van der Waals surface area contributed by atoms with Gasteiger partial charge in [-0.25, -0.2) is 4.39 Å². The lowest BCUT2D eigenvalue weighted by Crippen LogP contribution is -2.63. The minimum Gasteiger partial charge on any atom is -0.311 e. The first-order chi connectivity index (χ1) is 10.0. The fraction of sp³-hybridized carbons (Fsp3) is 0.647. The van der Waals surface area contributed by atoms with E-state index in [0.717, 1.165) is 44.5 Å². The van der Waals surface area contributed by atoms with Crippen molar-refractivity contribution in [3.05, 3.63) is 34.6 Å². The predicted octanol–water partition coefficient (Wildman–Crippen LogP) is 4.22. The molecule has 1 aromatic carbocycles. The number of nitrogens with zero attached hydrogens (tertiary/aromatic N) is 1. The van der Waals surface area contributed by atoms with Gasteiger partial charge in [0.05, 0.1) is 5.02 Å². The Bertz CT molecular complexity index is 474. The van der Waals surface area contributed by atoms with Gasteiger partial charge in [-0.15, -0.1) is 0 Å². The Kier molecular flexibility index (Phi) is 5.64. The molecule has 1 aliphatic heterocycles. The average Bonchev–Trinajstić information content (AvgIpc) is 2.51. The second-order valence-corrected chi connectivity index (χ2v) is 6.45. The van der Waals surface area contributed by atoms with Gasteiger partial charge in [0.1, 0.15) is 5.82 Å². The Morgan fingerprint density at radius 3 is 2.62 bits per heavy atom. The molecule has 1 aromatic rings. The summed E-state index contributed by atoms with van der Waals surface area (Å²) in [5.74, 6) is -0.324. The second kappa shape index (κ2) is 7.08. The molecule has 0 bridgehead atoms. The van der Waals surface area contributed by atoms with Gasteiger partial charge < -0.3 is 5.32 Å². The number of halogens is 2. The van der Waals surface area contributed by atoms with E-state index in [0.29, 0.717) is 6.04 Å². The molecule has 0 saturated carbocycles. The van der Waals surface area contributed by atoms with Crippen molar-refractivity contribution in [2.24, 2.45) is 0 Å². The lowest BCUT2D eigenvalue weighted by Gasteiger charge is -2.49. The van der Waals surface area contributed by atoms with E-state index in [1.807, 2.05) is 6.07 Å². The second-order valence-electron chi connectivity index (χ2n) is 6.05. The summed E-state index contributed by atoms with van der Waals surface area (Å²) in [5.41, 5.74) is 1.17. The molecule has 0 aliphatic carbocycles. The number of piperazine rings is 1. The van der Waals surface area contributed by atoms with Crippen LogP contribution in [0.15, 0.2) is 18.2 Å². The van der Waals surface area contributed by atoms with Gasteiger partial charge in [-0.2, -0.15) is 0 Å². The molecule has 2 nitrogen and oxygen atoms in total. The molecule has 1 aliphatic rings. The van der Waals surface area contributed by atoms with Crippen LogP contribution >= 0.6 is 11.6 Å². The highest BCUT2D eigenvalue weighted by molar-refractivity contribution is 6.30. The normalized spacial score (nSPS) is 22.4. The van der Waals surface area contributed by atoms with E-state index in [-0.39, 0.29) is 16.4 Å². The van der Waals surface area contributed by atoms with Crippen LogP contribution in [-0.4, -0.2) is 29.6 Å². The minimum absolute atomic E-state index is 0.168. The highest BCUT2D eigenvalue weighted by atomic mass is 35.5. The van der Waals surface area contributed by atoms with E-state index in [1.165, 1.54) is 0 Å². The fourth-order valence-corrected chi connectivity index (χ4v) is 3.40. The highest BCUT2D eigenvalue weighted by Crippen LogP contribution is 2.29. The lowest BCUT2D eigenvalue weighted by molar-refractivity contribution is 0.0237. The van der Waals surface area contributed by atoms with Crippen molar-refractivity contribution < 1.29 is 4.39 Å². The number of rotatable bonds is 5. The maximum atomic E-state index is 13.7. The van der Waals surface area contributed by atoms with Crippen molar-refractivity contribution in [3.63, 3.8) is 0 Å². The van der Waals surface area contributed by atoms with Crippen molar-refractivity contribution >= 4 is 11.6 Å². The molecule has 2 rings (SSSR count). The van der Waals surface area contributed by atoms with Gasteiger partial charge in [0.25, 0.3) is 0 Å². The topological polar surface area (TPSA) is 15.3 Å². The quantitative estimate of drug-likeness (QED) is 0.875. The molecule has 0 aromatic heterocycles. The number of benzene rings is 1. The van der Waals surface area contributed by atoms with Crippen molar-refractivity contribution in [1.82, 2.24) is 10.2 Å². The summed E-state index contributed by atoms with van der Waals surface area (Å²) in [7, 11) is 0. The largest absolute Gasteiger partial charge is 0.311 e. The highest BCUT2D eigenvalue weighted by Gasteiger charge is 2.38. The maximum absolute atomic E-state index is 13.7. The Morgan fingerprint density at radius 1 is 1.33 bits per heavy atom. The lowest BCUT2D eigenvalue weighted by atomic mass is 9.86. The zero-order valence-corrected chi connectivity index (χ0v) is 14.0.